The highest BCUT2D eigenvalue weighted by molar-refractivity contribution is 7.94. The Labute approximate surface area is 166 Å². The maximum Gasteiger partial charge on any atom is 0.340 e. The fourth-order valence-corrected chi connectivity index (χ4v) is 4.87. The van der Waals surface area contributed by atoms with Gasteiger partial charge in [-0.1, -0.05) is 6.07 Å². The highest BCUT2D eigenvalue weighted by Crippen LogP contribution is 2.38. The van der Waals surface area contributed by atoms with Gasteiger partial charge in [0, 0.05) is 12.1 Å². The number of rotatable bonds is 8. The van der Waals surface area contributed by atoms with E-state index < -0.39 is 28.5 Å². The lowest BCUT2D eigenvalue weighted by molar-refractivity contribution is -0.138. The standard InChI is InChI=1S/C17H19NO8S2/c1-23-13-8-11(17(20)26-4)12(9-14(13)24-2)18(10-15(19)25-3)28(21,22)16-6-5-7-27-16/h5-9H,10H2,1-4H3. The molecule has 0 atom stereocenters. The highest BCUT2D eigenvalue weighted by atomic mass is 32.2. The molecular formula is C17H19NO8S2. The number of ether oxygens (including phenoxy) is 4. The molecule has 1 heterocycles. The molecule has 0 N–H and O–H groups in total. The average molecular weight is 429 g/mol. The summed E-state index contributed by atoms with van der Waals surface area (Å²) in [4.78, 5) is 24.3. The summed E-state index contributed by atoms with van der Waals surface area (Å²) in [6.45, 7) is -0.657. The van der Waals surface area contributed by atoms with Gasteiger partial charge in [0.25, 0.3) is 10.0 Å². The van der Waals surface area contributed by atoms with Crippen LogP contribution in [-0.4, -0.2) is 55.3 Å². The lowest BCUT2D eigenvalue weighted by Gasteiger charge is -2.25. The van der Waals surface area contributed by atoms with Crippen molar-refractivity contribution in [3.05, 3.63) is 35.2 Å². The van der Waals surface area contributed by atoms with Crippen LogP contribution < -0.4 is 13.8 Å². The summed E-state index contributed by atoms with van der Waals surface area (Å²) >= 11 is 0.971. The Morgan fingerprint density at radius 1 is 1.04 bits per heavy atom. The van der Waals surface area contributed by atoms with Crippen molar-refractivity contribution in [2.75, 3.05) is 39.3 Å². The second-order valence-electron chi connectivity index (χ2n) is 5.24. The van der Waals surface area contributed by atoms with Crippen LogP contribution in [0.1, 0.15) is 10.4 Å². The molecule has 0 saturated heterocycles. The van der Waals surface area contributed by atoms with Gasteiger partial charge in [0.15, 0.2) is 11.5 Å². The van der Waals surface area contributed by atoms with Gasteiger partial charge in [0.2, 0.25) is 0 Å². The quantitative estimate of drug-likeness (QED) is 0.586. The first-order valence-electron chi connectivity index (χ1n) is 7.77. The molecule has 9 nitrogen and oxygen atoms in total. The number of anilines is 1. The van der Waals surface area contributed by atoms with E-state index in [-0.39, 0.29) is 27.0 Å². The summed E-state index contributed by atoms with van der Waals surface area (Å²) < 4.78 is 46.9. The van der Waals surface area contributed by atoms with E-state index in [0.717, 1.165) is 29.9 Å². The van der Waals surface area contributed by atoms with E-state index in [1.807, 2.05) is 0 Å². The number of carbonyl (C=O) groups is 2. The number of esters is 2. The number of hydrogen-bond donors (Lipinski definition) is 0. The van der Waals surface area contributed by atoms with Gasteiger partial charge in [-0.3, -0.25) is 9.10 Å². The Balaban J connectivity index is 2.77. The molecule has 0 bridgehead atoms. The summed E-state index contributed by atoms with van der Waals surface area (Å²) in [5, 5.41) is 1.58. The molecule has 0 spiro atoms. The van der Waals surface area contributed by atoms with Crippen molar-refractivity contribution in [1.82, 2.24) is 0 Å². The summed E-state index contributed by atoms with van der Waals surface area (Å²) in [5.41, 5.74) is -0.229. The predicted octanol–water partition coefficient (Wildman–Crippen LogP) is 1.92. The molecule has 0 unspecified atom stereocenters. The molecule has 0 aliphatic heterocycles. The van der Waals surface area contributed by atoms with Crippen molar-refractivity contribution >= 4 is 39.0 Å². The maximum atomic E-state index is 13.2. The van der Waals surface area contributed by atoms with E-state index >= 15 is 0 Å². The van der Waals surface area contributed by atoms with Gasteiger partial charge in [-0.25, -0.2) is 13.2 Å². The number of sulfonamides is 1. The molecular weight excluding hydrogens is 410 g/mol. The minimum absolute atomic E-state index is 0.0120. The van der Waals surface area contributed by atoms with Crippen molar-refractivity contribution in [3.63, 3.8) is 0 Å². The number of hydrogen-bond acceptors (Lipinski definition) is 9. The van der Waals surface area contributed by atoms with Crippen LogP contribution in [0.3, 0.4) is 0 Å². The lowest BCUT2D eigenvalue weighted by atomic mass is 10.1. The Morgan fingerprint density at radius 2 is 1.68 bits per heavy atom. The Kier molecular flexibility index (Phi) is 6.86. The Morgan fingerprint density at radius 3 is 2.18 bits per heavy atom. The molecule has 0 saturated carbocycles. The number of methoxy groups -OCH3 is 4. The Hall–Kier alpha value is -2.79. The zero-order valence-electron chi connectivity index (χ0n) is 15.6. The van der Waals surface area contributed by atoms with E-state index in [4.69, 9.17) is 14.2 Å². The minimum Gasteiger partial charge on any atom is -0.493 e. The molecule has 1 aromatic heterocycles. The number of carbonyl (C=O) groups excluding carboxylic acids is 2. The molecule has 0 amide bonds. The first-order chi connectivity index (χ1) is 13.3. The second-order valence-corrected chi connectivity index (χ2v) is 8.27. The maximum absolute atomic E-state index is 13.2. The molecule has 0 radical (unpaired) electrons. The largest absolute Gasteiger partial charge is 0.493 e. The van der Waals surface area contributed by atoms with Gasteiger partial charge in [-0.2, -0.15) is 0 Å². The molecule has 0 aliphatic rings. The molecule has 11 heteroatoms. The van der Waals surface area contributed by atoms with Gasteiger partial charge in [0.05, 0.1) is 39.7 Å². The number of nitrogens with zero attached hydrogens (tertiary/aromatic N) is 1. The van der Waals surface area contributed by atoms with Gasteiger partial charge in [-0.15, -0.1) is 11.3 Å². The fourth-order valence-electron chi connectivity index (χ4n) is 2.35. The van der Waals surface area contributed by atoms with Crippen LogP contribution in [0.15, 0.2) is 33.9 Å². The van der Waals surface area contributed by atoms with Gasteiger partial charge >= 0.3 is 11.9 Å². The molecule has 0 aliphatic carbocycles. The van der Waals surface area contributed by atoms with Crippen molar-refractivity contribution in [3.8, 4) is 11.5 Å². The minimum atomic E-state index is -4.18. The van der Waals surface area contributed by atoms with Crippen molar-refractivity contribution in [2.24, 2.45) is 0 Å². The molecule has 1 aromatic carbocycles. The first kappa shape index (κ1) is 21.5. The number of benzene rings is 1. The summed E-state index contributed by atoms with van der Waals surface area (Å²) in [7, 11) is 0.836. The van der Waals surface area contributed by atoms with Gasteiger partial charge in [-0.05, 0) is 11.4 Å². The van der Waals surface area contributed by atoms with E-state index in [0.29, 0.717) is 0 Å². The van der Waals surface area contributed by atoms with Crippen LogP contribution in [-0.2, 0) is 24.3 Å². The third-order valence-corrected chi connectivity index (χ3v) is 6.85. The summed E-state index contributed by atoms with van der Waals surface area (Å²) in [5.74, 6) is -1.27. The third-order valence-electron chi connectivity index (χ3n) is 3.72. The van der Waals surface area contributed by atoms with Crippen molar-refractivity contribution in [2.45, 2.75) is 4.21 Å². The second kappa shape index (κ2) is 8.93. The van der Waals surface area contributed by atoms with Crippen LogP contribution in [0.25, 0.3) is 0 Å². The van der Waals surface area contributed by atoms with Crippen LogP contribution >= 0.6 is 11.3 Å². The smallest absolute Gasteiger partial charge is 0.340 e. The highest BCUT2D eigenvalue weighted by Gasteiger charge is 2.33. The average Bonchev–Trinajstić information content (AvgIpc) is 3.25. The van der Waals surface area contributed by atoms with Crippen molar-refractivity contribution in [1.29, 1.82) is 0 Å². The van der Waals surface area contributed by atoms with E-state index in [2.05, 4.69) is 4.74 Å². The topological polar surface area (TPSA) is 108 Å². The molecule has 2 rings (SSSR count). The predicted molar refractivity (Wildman–Crippen MR) is 102 cm³/mol. The SMILES string of the molecule is COC(=O)CN(c1cc(OC)c(OC)cc1C(=O)OC)S(=O)(=O)c1cccs1. The summed E-state index contributed by atoms with van der Waals surface area (Å²) in [6.07, 6.45) is 0. The zero-order chi connectivity index (χ0) is 20.9. The van der Waals surface area contributed by atoms with Crippen LogP contribution in [0.2, 0.25) is 0 Å². The lowest BCUT2D eigenvalue weighted by Crippen LogP contribution is -2.37. The Bertz CT molecular complexity index is 954. The monoisotopic (exact) mass is 429 g/mol. The fraction of sp³-hybridized carbons (Fsp3) is 0.294. The molecule has 2 aromatic rings. The summed E-state index contributed by atoms with van der Waals surface area (Å²) in [6, 6.07) is 5.53. The van der Waals surface area contributed by atoms with E-state index in [9.17, 15) is 18.0 Å². The zero-order valence-corrected chi connectivity index (χ0v) is 17.3. The van der Waals surface area contributed by atoms with Crippen molar-refractivity contribution < 1.29 is 37.0 Å². The van der Waals surface area contributed by atoms with Gasteiger partial charge < -0.3 is 18.9 Å². The van der Waals surface area contributed by atoms with Crippen LogP contribution in [0, 0.1) is 0 Å². The first-order valence-corrected chi connectivity index (χ1v) is 10.1. The van der Waals surface area contributed by atoms with E-state index in [1.54, 1.807) is 11.4 Å². The van der Waals surface area contributed by atoms with Crippen LogP contribution in [0.5, 0.6) is 11.5 Å². The number of thiophene rings is 1. The third kappa shape index (κ3) is 4.20. The normalized spacial score (nSPS) is 10.9. The molecule has 152 valence electrons. The molecule has 0 fully saturated rings. The van der Waals surface area contributed by atoms with E-state index in [1.165, 1.54) is 32.4 Å². The van der Waals surface area contributed by atoms with Gasteiger partial charge in [0.1, 0.15) is 10.8 Å². The molecule has 28 heavy (non-hydrogen) atoms. The van der Waals surface area contributed by atoms with Crippen LogP contribution in [0.4, 0.5) is 5.69 Å².